The molecule has 25 heavy (non-hydrogen) atoms. The van der Waals surface area contributed by atoms with Gasteiger partial charge in [-0.1, -0.05) is 35.4 Å². The third-order valence-corrected chi connectivity index (χ3v) is 4.71. The summed E-state index contributed by atoms with van der Waals surface area (Å²) in [5, 5.41) is 5.90. The molecule has 2 aromatic carbocycles. The molecule has 0 aromatic heterocycles. The molecule has 0 heterocycles. The lowest BCUT2D eigenvalue weighted by Crippen LogP contribution is -2.21. The van der Waals surface area contributed by atoms with E-state index >= 15 is 0 Å². The van der Waals surface area contributed by atoms with Crippen molar-refractivity contribution in [2.75, 3.05) is 10.6 Å². The number of aryl methyl sites for hydroxylation is 4. The van der Waals surface area contributed by atoms with Crippen LogP contribution in [0.2, 0.25) is 0 Å². The normalized spacial score (nSPS) is 18.6. The van der Waals surface area contributed by atoms with E-state index in [1.54, 1.807) is 0 Å². The van der Waals surface area contributed by atoms with Gasteiger partial charge in [0.1, 0.15) is 0 Å². The summed E-state index contributed by atoms with van der Waals surface area (Å²) < 4.78 is 0. The van der Waals surface area contributed by atoms with E-state index in [9.17, 15) is 9.59 Å². The predicted molar refractivity (Wildman–Crippen MR) is 101 cm³/mol. The van der Waals surface area contributed by atoms with E-state index in [1.165, 1.54) is 5.56 Å². The molecule has 2 unspecified atom stereocenters. The van der Waals surface area contributed by atoms with Gasteiger partial charge in [-0.2, -0.15) is 0 Å². The van der Waals surface area contributed by atoms with E-state index < -0.39 is 0 Å². The Balaban J connectivity index is 1.60. The highest BCUT2D eigenvalue weighted by molar-refractivity contribution is 6.03. The van der Waals surface area contributed by atoms with Crippen LogP contribution in [0.3, 0.4) is 0 Å². The SMILES string of the molecule is Cc1ccc(NC(=O)C2CC2C(=O)Nc2c(C)cc(C)cc2C)cc1. The Kier molecular flexibility index (Phi) is 4.62. The van der Waals surface area contributed by atoms with Crippen molar-refractivity contribution < 1.29 is 9.59 Å². The van der Waals surface area contributed by atoms with Gasteiger partial charge in [0.2, 0.25) is 11.8 Å². The highest BCUT2D eigenvalue weighted by Crippen LogP contribution is 2.40. The summed E-state index contributed by atoms with van der Waals surface area (Å²) in [6.45, 7) is 8.02. The number of carbonyl (C=O) groups excluding carboxylic acids is 2. The Morgan fingerprint density at radius 3 is 1.88 bits per heavy atom. The van der Waals surface area contributed by atoms with Crippen molar-refractivity contribution in [1.82, 2.24) is 0 Å². The molecule has 0 bridgehead atoms. The molecule has 4 heteroatoms. The fourth-order valence-corrected chi connectivity index (χ4v) is 3.24. The Labute approximate surface area is 148 Å². The monoisotopic (exact) mass is 336 g/mol. The van der Waals surface area contributed by atoms with Gasteiger partial charge in [-0.25, -0.2) is 0 Å². The average Bonchev–Trinajstić information content (AvgIpc) is 3.33. The lowest BCUT2D eigenvalue weighted by Gasteiger charge is -2.13. The highest BCUT2D eigenvalue weighted by atomic mass is 16.2. The van der Waals surface area contributed by atoms with Gasteiger partial charge in [0.05, 0.1) is 11.8 Å². The zero-order valence-electron chi connectivity index (χ0n) is 15.1. The lowest BCUT2D eigenvalue weighted by molar-refractivity contribution is -0.122. The molecule has 3 rings (SSSR count). The fraction of sp³-hybridized carbons (Fsp3) is 0.333. The second-order valence-corrected chi connectivity index (χ2v) is 7.07. The van der Waals surface area contributed by atoms with E-state index in [0.29, 0.717) is 6.42 Å². The molecule has 1 aliphatic rings. The fourth-order valence-electron chi connectivity index (χ4n) is 3.24. The molecular weight excluding hydrogens is 312 g/mol. The maximum atomic E-state index is 12.5. The molecule has 2 amide bonds. The van der Waals surface area contributed by atoms with E-state index in [4.69, 9.17) is 0 Å². The first kappa shape index (κ1) is 17.2. The van der Waals surface area contributed by atoms with Crippen LogP contribution in [0.1, 0.15) is 28.7 Å². The van der Waals surface area contributed by atoms with Crippen LogP contribution in [0.5, 0.6) is 0 Å². The quantitative estimate of drug-likeness (QED) is 0.882. The first-order chi connectivity index (χ1) is 11.8. The number of hydrogen-bond acceptors (Lipinski definition) is 2. The second-order valence-electron chi connectivity index (χ2n) is 7.07. The molecule has 0 aliphatic heterocycles. The van der Waals surface area contributed by atoms with Gasteiger partial charge >= 0.3 is 0 Å². The van der Waals surface area contributed by atoms with Crippen molar-refractivity contribution >= 4 is 23.2 Å². The van der Waals surface area contributed by atoms with Crippen molar-refractivity contribution in [1.29, 1.82) is 0 Å². The Bertz CT molecular complexity index is 801. The Morgan fingerprint density at radius 1 is 0.800 bits per heavy atom. The van der Waals surface area contributed by atoms with Crippen molar-refractivity contribution in [3.8, 4) is 0 Å². The van der Waals surface area contributed by atoms with Crippen LogP contribution in [0, 0.1) is 39.5 Å². The molecule has 130 valence electrons. The van der Waals surface area contributed by atoms with Crippen molar-refractivity contribution in [3.05, 3.63) is 58.7 Å². The van der Waals surface area contributed by atoms with Gasteiger partial charge in [-0.3, -0.25) is 9.59 Å². The molecule has 1 fully saturated rings. The minimum absolute atomic E-state index is 0.0703. The molecule has 4 nitrogen and oxygen atoms in total. The summed E-state index contributed by atoms with van der Waals surface area (Å²) in [5.41, 5.74) is 6.05. The number of benzene rings is 2. The zero-order valence-corrected chi connectivity index (χ0v) is 15.1. The van der Waals surface area contributed by atoms with Crippen LogP contribution >= 0.6 is 0 Å². The molecule has 0 spiro atoms. The summed E-state index contributed by atoms with van der Waals surface area (Å²) in [7, 11) is 0. The van der Waals surface area contributed by atoms with Crippen LogP contribution in [0.15, 0.2) is 36.4 Å². The standard InChI is InChI=1S/C21H24N2O2/c1-12-5-7-16(8-6-12)22-20(24)17-11-18(17)21(25)23-19-14(3)9-13(2)10-15(19)4/h5-10,17-18H,11H2,1-4H3,(H,22,24)(H,23,25). The van der Waals surface area contributed by atoms with Crippen LogP contribution in [-0.4, -0.2) is 11.8 Å². The number of rotatable bonds is 4. The number of carbonyl (C=O) groups is 2. The maximum Gasteiger partial charge on any atom is 0.228 e. The number of nitrogens with one attached hydrogen (secondary N) is 2. The molecule has 0 saturated heterocycles. The molecule has 1 aliphatic carbocycles. The molecule has 2 N–H and O–H groups in total. The zero-order chi connectivity index (χ0) is 18.1. The van der Waals surface area contributed by atoms with Crippen molar-refractivity contribution in [3.63, 3.8) is 0 Å². The van der Waals surface area contributed by atoms with Gasteiger partial charge in [0.25, 0.3) is 0 Å². The van der Waals surface area contributed by atoms with Gasteiger partial charge in [0.15, 0.2) is 0 Å². The van der Waals surface area contributed by atoms with Crippen LogP contribution in [0.4, 0.5) is 11.4 Å². The first-order valence-electron chi connectivity index (χ1n) is 8.61. The van der Waals surface area contributed by atoms with Gasteiger partial charge in [0, 0.05) is 11.4 Å². The average molecular weight is 336 g/mol. The smallest absolute Gasteiger partial charge is 0.228 e. The van der Waals surface area contributed by atoms with E-state index in [0.717, 1.165) is 28.1 Å². The molecular formula is C21H24N2O2. The molecule has 2 aromatic rings. The Hall–Kier alpha value is -2.62. The maximum absolute atomic E-state index is 12.5. The minimum Gasteiger partial charge on any atom is -0.326 e. The highest BCUT2D eigenvalue weighted by Gasteiger charge is 2.48. The summed E-state index contributed by atoms with van der Waals surface area (Å²) in [5.74, 6) is -0.640. The van der Waals surface area contributed by atoms with Crippen LogP contribution < -0.4 is 10.6 Å². The number of amides is 2. The topological polar surface area (TPSA) is 58.2 Å². The van der Waals surface area contributed by atoms with Crippen LogP contribution in [-0.2, 0) is 9.59 Å². The van der Waals surface area contributed by atoms with Crippen molar-refractivity contribution in [2.45, 2.75) is 34.1 Å². The molecule has 2 atom stereocenters. The third-order valence-electron chi connectivity index (χ3n) is 4.71. The predicted octanol–water partition coefficient (Wildman–Crippen LogP) is 4.13. The Morgan fingerprint density at radius 2 is 1.32 bits per heavy atom. The van der Waals surface area contributed by atoms with Gasteiger partial charge < -0.3 is 10.6 Å². The summed E-state index contributed by atoms with van der Waals surface area (Å²) in [6, 6.07) is 11.8. The first-order valence-corrected chi connectivity index (χ1v) is 8.61. The lowest BCUT2D eigenvalue weighted by atomic mass is 10.0. The van der Waals surface area contributed by atoms with Crippen LogP contribution in [0.25, 0.3) is 0 Å². The second kappa shape index (κ2) is 6.71. The van der Waals surface area contributed by atoms with E-state index in [2.05, 4.69) is 22.8 Å². The van der Waals surface area contributed by atoms with E-state index in [1.807, 2.05) is 52.0 Å². The molecule has 0 radical (unpaired) electrons. The summed E-state index contributed by atoms with van der Waals surface area (Å²) in [6.07, 6.45) is 0.605. The van der Waals surface area contributed by atoms with Gasteiger partial charge in [-0.05, 0) is 57.4 Å². The molecule has 1 saturated carbocycles. The van der Waals surface area contributed by atoms with Crippen molar-refractivity contribution in [2.24, 2.45) is 11.8 Å². The van der Waals surface area contributed by atoms with E-state index in [-0.39, 0.29) is 23.7 Å². The third kappa shape index (κ3) is 3.90. The largest absolute Gasteiger partial charge is 0.326 e. The minimum atomic E-state index is -0.245. The number of hydrogen-bond donors (Lipinski definition) is 2. The summed E-state index contributed by atoms with van der Waals surface area (Å²) in [4.78, 5) is 24.8. The summed E-state index contributed by atoms with van der Waals surface area (Å²) >= 11 is 0. The number of anilines is 2. The van der Waals surface area contributed by atoms with Gasteiger partial charge in [-0.15, -0.1) is 0 Å².